The molecule has 1 saturated heterocycles. The molecule has 1 aromatic carbocycles. The second-order valence-electron chi connectivity index (χ2n) is 7.40. The Balaban J connectivity index is 1.52. The molecule has 1 unspecified atom stereocenters. The zero-order valence-corrected chi connectivity index (χ0v) is 17.2. The predicted octanol–water partition coefficient (Wildman–Crippen LogP) is 3.60. The maximum atomic E-state index is 12.8. The van der Waals surface area contributed by atoms with Crippen molar-refractivity contribution in [2.24, 2.45) is 0 Å². The van der Waals surface area contributed by atoms with Gasteiger partial charge in [-0.15, -0.1) is 0 Å². The Kier molecular flexibility index (Phi) is 6.05. The maximum absolute atomic E-state index is 12.8. The average Bonchev–Trinajstić information content (AvgIpc) is 2.79. The summed E-state index contributed by atoms with van der Waals surface area (Å²) in [5, 5.41) is 0. The zero-order chi connectivity index (χ0) is 20.9. The van der Waals surface area contributed by atoms with Crippen LogP contribution < -0.4 is 4.74 Å². The number of pyridine rings is 2. The highest BCUT2D eigenvalue weighted by Gasteiger charge is 2.27. The molecule has 4 rings (SSSR count). The Bertz CT molecular complexity index is 1020. The molecule has 30 heavy (non-hydrogen) atoms. The fourth-order valence-corrected chi connectivity index (χ4v) is 3.72. The summed E-state index contributed by atoms with van der Waals surface area (Å²) in [6.45, 7) is 3.47. The summed E-state index contributed by atoms with van der Waals surface area (Å²) in [6, 6.07) is 17.6. The number of aryl methyl sites for hydroxylation is 1. The normalized spacial score (nSPS) is 16.3. The van der Waals surface area contributed by atoms with Crippen molar-refractivity contribution in [2.75, 3.05) is 26.8 Å². The topological polar surface area (TPSA) is 64.5 Å². The Morgan fingerprint density at radius 3 is 2.87 bits per heavy atom. The molecule has 6 nitrogen and oxygen atoms in total. The minimum atomic E-state index is -0.254. The third-order valence-electron chi connectivity index (χ3n) is 5.14. The van der Waals surface area contributed by atoms with Gasteiger partial charge in [-0.3, -0.25) is 14.8 Å². The minimum Gasteiger partial charge on any atom is -0.497 e. The van der Waals surface area contributed by atoms with E-state index >= 15 is 0 Å². The van der Waals surface area contributed by atoms with Crippen LogP contribution in [0.25, 0.3) is 0 Å². The number of ether oxygens (including phenoxy) is 2. The SMILES string of the molecule is COc1cccc(Cc2cc(C)nc(C3CN(C(=O)c4ccccn4)CCO3)c2)c1. The van der Waals surface area contributed by atoms with E-state index in [-0.39, 0.29) is 12.0 Å². The second kappa shape index (κ2) is 9.05. The molecular formula is C24H25N3O3. The lowest BCUT2D eigenvalue weighted by Crippen LogP contribution is -2.42. The van der Waals surface area contributed by atoms with E-state index in [0.717, 1.165) is 29.1 Å². The molecule has 0 aliphatic carbocycles. The summed E-state index contributed by atoms with van der Waals surface area (Å²) >= 11 is 0. The molecule has 1 atom stereocenters. The second-order valence-corrected chi connectivity index (χ2v) is 7.40. The van der Waals surface area contributed by atoms with E-state index in [9.17, 15) is 4.79 Å². The van der Waals surface area contributed by atoms with Gasteiger partial charge in [0.25, 0.3) is 5.91 Å². The van der Waals surface area contributed by atoms with Crippen LogP contribution in [0, 0.1) is 6.92 Å². The van der Waals surface area contributed by atoms with Gasteiger partial charge >= 0.3 is 0 Å². The molecular weight excluding hydrogens is 378 g/mol. The quantitative estimate of drug-likeness (QED) is 0.651. The molecule has 0 bridgehead atoms. The van der Waals surface area contributed by atoms with Crippen molar-refractivity contribution in [1.29, 1.82) is 0 Å². The number of aromatic nitrogens is 2. The maximum Gasteiger partial charge on any atom is 0.272 e. The van der Waals surface area contributed by atoms with Gasteiger partial charge in [-0.25, -0.2) is 0 Å². The van der Waals surface area contributed by atoms with Crippen molar-refractivity contribution in [1.82, 2.24) is 14.9 Å². The average molecular weight is 403 g/mol. The standard InChI is InChI=1S/C24H25N3O3/c1-17-12-19(13-18-6-5-7-20(14-18)29-2)15-22(26-17)23-16-27(10-11-30-23)24(28)21-8-3-4-9-25-21/h3-9,12,14-15,23H,10-11,13,16H2,1-2H3. The van der Waals surface area contributed by atoms with Crippen molar-refractivity contribution in [3.8, 4) is 5.75 Å². The van der Waals surface area contributed by atoms with Crippen molar-refractivity contribution < 1.29 is 14.3 Å². The lowest BCUT2D eigenvalue weighted by Gasteiger charge is -2.32. The summed E-state index contributed by atoms with van der Waals surface area (Å²) in [6.07, 6.45) is 2.16. The van der Waals surface area contributed by atoms with E-state index in [0.29, 0.717) is 25.4 Å². The number of nitrogens with zero attached hydrogens (tertiary/aromatic N) is 3. The molecule has 154 valence electrons. The molecule has 1 fully saturated rings. The van der Waals surface area contributed by atoms with Gasteiger partial charge in [-0.2, -0.15) is 0 Å². The lowest BCUT2D eigenvalue weighted by atomic mass is 10.0. The summed E-state index contributed by atoms with van der Waals surface area (Å²) in [5.74, 6) is 0.769. The van der Waals surface area contributed by atoms with Gasteiger partial charge in [0.1, 0.15) is 17.5 Å². The fraction of sp³-hybridized carbons (Fsp3) is 0.292. The number of morpholine rings is 1. The molecule has 6 heteroatoms. The largest absolute Gasteiger partial charge is 0.497 e. The van der Waals surface area contributed by atoms with Gasteiger partial charge in [-0.05, 0) is 60.9 Å². The number of hydrogen-bond donors (Lipinski definition) is 0. The van der Waals surface area contributed by atoms with E-state index in [1.807, 2.05) is 31.2 Å². The summed E-state index contributed by atoms with van der Waals surface area (Å²) < 4.78 is 11.3. The lowest BCUT2D eigenvalue weighted by molar-refractivity contribution is -0.0250. The van der Waals surface area contributed by atoms with E-state index in [1.165, 1.54) is 5.56 Å². The highest BCUT2D eigenvalue weighted by atomic mass is 16.5. The van der Waals surface area contributed by atoms with Crippen molar-refractivity contribution in [3.63, 3.8) is 0 Å². The molecule has 0 spiro atoms. The summed E-state index contributed by atoms with van der Waals surface area (Å²) in [5.41, 5.74) is 4.56. The van der Waals surface area contributed by atoms with Crippen LogP contribution in [0.3, 0.4) is 0 Å². The van der Waals surface area contributed by atoms with Crippen molar-refractivity contribution in [3.05, 3.63) is 89.0 Å². The van der Waals surface area contributed by atoms with Crippen LogP contribution in [0.15, 0.2) is 60.8 Å². The molecule has 1 aliphatic rings. The van der Waals surface area contributed by atoms with Crippen molar-refractivity contribution >= 4 is 5.91 Å². The first-order valence-corrected chi connectivity index (χ1v) is 10.0. The third-order valence-corrected chi connectivity index (χ3v) is 5.14. The Morgan fingerprint density at radius 1 is 1.17 bits per heavy atom. The van der Waals surface area contributed by atoms with Crippen LogP contribution in [0.2, 0.25) is 0 Å². The Labute approximate surface area is 176 Å². The number of hydrogen-bond acceptors (Lipinski definition) is 5. The van der Waals surface area contributed by atoms with Gasteiger partial charge in [-0.1, -0.05) is 18.2 Å². The number of rotatable bonds is 5. The van der Waals surface area contributed by atoms with Gasteiger partial charge < -0.3 is 14.4 Å². The molecule has 0 N–H and O–H groups in total. The third kappa shape index (κ3) is 4.66. The first kappa shape index (κ1) is 20.0. The van der Waals surface area contributed by atoms with Crippen LogP contribution in [0.5, 0.6) is 5.75 Å². The van der Waals surface area contributed by atoms with Gasteiger partial charge in [0, 0.05) is 18.4 Å². The van der Waals surface area contributed by atoms with E-state index in [1.54, 1.807) is 30.3 Å². The van der Waals surface area contributed by atoms with Gasteiger partial charge in [0.05, 0.1) is 26.0 Å². The number of carbonyl (C=O) groups is 1. The van der Waals surface area contributed by atoms with E-state index in [2.05, 4.69) is 23.2 Å². The zero-order valence-electron chi connectivity index (χ0n) is 17.2. The smallest absolute Gasteiger partial charge is 0.272 e. The number of benzene rings is 1. The van der Waals surface area contributed by atoms with Crippen LogP contribution in [-0.4, -0.2) is 47.6 Å². The Hall–Kier alpha value is -3.25. The molecule has 3 heterocycles. The fourth-order valence-electron chi connectivity index (χ4n) is 3.72. The molecule has 1 aliphatic heterocycles. The van der Waals surface area contributed by atoms with Crippen LogP contribution in [0.1, 0.15) is 39.1 Å². The van der Waals surface area contributed by atoms with Gasteiger partial charge in [0.15, 0.2) is 0 Å². The summed E-state index contributed by atoms with van der Waals surface area (Å²) in [4.78, 5) is 23.5. The number of carbonyl (C=O) groups excluding carboxylic acids is 1. The summed E-state index contributed by atoms with van der Waals surface area (Å²) in [7, 11) is 1.67. The van der Waals surface area contributed by atoms with E-state index < -0.39 is 0 Å². The van der Waals surface area contributed by atoms with E-state index in [4.69, 9.17) is 14.5 Å². The molecule has 1 amide bonds. The predicted molar refractivity (Wildman–Crippen MR) is 114 cm³/mol. The molecule has 2 aromatic heterocycles. The van der Waals surface area contributed by atoms with Crippen LogP contribution >= 0.6 is 0 Å². The first-order valence-electron chi connectivity index (χ1n) is 10.0. The number of amides is 1. The minimum absolute atomic E-state index is 0.0758. The highest BCUT2D eigenvalue weighted by Crippen LogP contribution is 2.24. The Morgan fingerprint density at radius 2 is 2.07 bits per heavy atom. The molecule has 3 aromatic rings. The first-order chi connectivity index (χ1) is 14.6. The monoisotopic (exact) mass is 403 g/mol. The highest BCUT2D eigenvalue weighted by molar-refractivity contribution is 5.92. The van der Waals surface area contributed by atoms with Crippen LogP contribution in [-0.2, 0) is 11.2 Å². The molecule has 0 radical (unpaired) electrons. The van der Waals surface area contributed by atoms with Crippen molar-refractivity contribution in [2.45, 2.75) is 19.4 Å². The number of methoxy groups -OCH3 is 1. The molecule has 0 saturated carbocycles. The van der Waals surface area contributed by atoms with Crippen LogP contribution in [0.4, 0.5) is 0 Å². The van der Waals surface area contributed by atoms with Gasteiger partial charge in [0.2, 0.25) is 0 Å².